The third-order valence-corrected chi connectivity index (χ3v) is 5.03. The first-order chi connectivity index (χ1) is 14.5. The molecule has 0 bridgehead atoms. The molecule has 158 valence electrons. The molecule has 1 aliphatic carbocycles. The first-order valence-electron chi connectivity index (χ1n) is 9.73. The van der Waals surface area contributed by atoms with Gasteiger partial charge in [-0.25, -0.2) is 24.6 Å². The van der Waals surface area contributed by atoms with Gasteiger partial charge in [-0.1, -0.05) is 31.4 Å². The normalized spacial score (nSPS) is 13.9. The number of para-hydroxylation sites is 1. The van der Waals surface area contributed by atoms with Gasteiger partial charge in [0.05, 0.1) is 25.9 Å². The molecule has 1 aromatic heterocycles. The van der Waals surface area contributed by atoms with Crippen LogP contribution in [0.5, 0.6) is 0 Å². The quantitative estimate of drug-likeness (QED) is 0.253. The van der Waals surface area contributed by atoms with Crippen LogP contribution < -0.4 is 10.4 Å². The molecule has 0 radical (unpaired) electrons. The molecule has 1 heterocycles. The monoisotopic (exact) mass is 412 g/mol. The number of hydrogen-bond donors (Lipinski definition) is 1. The van der Waals surface area contributed by atoms with Gasteiger partial charge in [-0.2, -0.15) is 0 Å². The zero-order chi connectivity index (χ0) is 21.5. The molecule has 0 spiro atoms. The zero-order valence-electron chi connectivity index (χ0n) is 17.0. The van der Waals surface area contributed by atoms with Crippen LogP contribution in [0.15, 0.2) is 42.4 Å². The Kier molecular flexibility index (Phi) is 6.95. The topological polar surface area (TPSA) is 111 Å². The van der Waals surface area contributed by atoms with E-state index in [1.807, 2.05) is 12.1 Å². The molecule has 1 aromatic carbocycles. The van der Waals surface area contributed by atoms with E-state index in [9.17, 15) is 14.4 Å². The molecule has 9 nitrogen and oxygen atoms in total. The highest BCUT2D eigenvalue weighted by molar-refractivity contribution is 6.14. The first-order valence-corrected chi connectivity index (χ1v) is 9.73. The van der Waals surface area contributed by atoms with Gasteiger partial charge in [0.15, 0.2) is 11.4 Å². The molecule has 0 atom stereocenters. The van der Waals surface area contributed by atoms with Crippen LogP contribution in [-0.4, -0.2) is 42.0 Å². The molecule has 1 aliphatic rings. The van der Waals surface area contributed by atoms with Crippen LogP contribution in [0.25, 0.3) is 10.9 Å². The van der Waals surface area contributed by atoms with E-state index in [1.165, 1.54) is 17.5 Å². The summed E-state index contributed by atoms with van der Waals surface area (Å²) in [5.41, 5.74) is 3.06. The van der Waals surface area contributed by atoms with Crippen molar-refractivity contribution in [2.24, 2.45) is 5.92 Å². The van der Waals surface area contributed by atoms with Crippen molar-refractivity contribution in [1.29, 1.82) is 0 Å². The van der Waals surface area contributed by atoms with Crippen LogP contribution in [0.1, 0.15) is 32.1 Å². The number of amides is 1. The number of anilines is 1. The highest BCUT2D eigenvalue weighted by Crippen LogP contribution is 2.26. The van der Waals surface area contributed by atoms with Crippen molar-refractivity contribution in [1.82, 2.24) is 15.4 Å². The molecule has 30 heavy (non-hydrogen) atoms. The molecular weight excluding hydrogens is 388 g/mol. The summed E-state index contributed by atoms with van der Waals surface area (Å²) in [6.45, 7) is 0. The third-order valence-electron chi connectivity index (χ3n) is 5.03. The number of rotatable bonds is 6. The fourth-order valence-corrected chi connectivity index (χ4v) is 3.44. The predicted molar refractivity (Wildman–Crippen MR) is 109 cm³/mol. The number of hydrogen-bond acceptors (Lipinski definition) is 8. The molecule has 0 aliphatic heterocycles. The Balaban J connectivity index is 2.05. The van der Waals surface area contributed by atoms with Crippen LogP contribution in [0.4, 0.5) is 5.82 Å². The van der Waals surface area contributed by atoms with Gasteiger partial charge in [-0.15, -0.1) is 0 Å². The number of esters is 2. The smallest absolute Gasteiger partial charge is 0.346 e. The Bertz CT molecular complexity index is 946. The van der Waals surface area contributed by atoms with Crippen LogP contribution in [-0.2, 0) is 23.9 Å². The van der Waals surface area contributed by atoms with Crippen LogP contribution in [0, 0.1) is 5.92 Å². The summed E-state index contributed by atoms with van der Waals surface area (Å²) < 4.78 is 9.40. The van der Waals surface area contributed by atoms with E-state index in [1.54, 1.807) is 12.1 Å². The lowest BCUT2D eigenvalue weighted by Gasteiger charge is -2.26. The molecule has 0 unspecified atom stereocenters. The minimum atomic E-state index is -0.892. The first kappa shape index (κ1) is 21.2. The SMILES string of the molecule is COC(=O)C(=CN(NC(=O)C1CCCCC1)c1ncnc2ccccc12)C(=O)OC. The van der Waals surface area contributed by atoms with Crippen LogP contribution in [0.3, 0.4) is 0 Å². The van der Waals surface area contributed by atoms with Gasteiger partial charge in [0.2, 0.25) is 5.91 Å². The van der Waals surface area contributed by atoms with E-state index in [0.29, 0.717) is 16.7 Å². The molecular formula is C21H24N4O5. The average molecular weight is 412 g/mol. The van der Waals surface area contributed by atoms with E-state index in [2.05, 4.69) is 15.4 Å². The molecule has 9 heteroatoms. The summed E-state index contributed by atoms with van der Waals surface area (Å²) in [6, 6.07) is 7.22. The standard InChI is InChI=1S/C21H24N4O5/c1-29-20(27)16(21(28)30-2)12-25(24-19(26)14-8-4-3-5-9-14)18-15-10-6-7-11-17(15)22-13-23-18/h6-7,10-14H,3-5,8-9H2,1-2H3,(H,24,26). The van der Waals surface area contributed by atoms with Gasteiger partial charge in [-0.05, 0) is 25.0 Å². The fraction of sp³-hybridized carbons (Fsp3) is 0.381. The van der Waals surface area contributed by atoms with Crippen molar-refractivity contribution >= 4 is 34.6 Å². The molecule has 0 saturated heterocycles. The van der Waals surface area contributed by atoms with Crippen molar-refractivity contribution < 1.29 is 23.9 Å². The van der Waals surface area contributed by atoms with Crippen molar-refractivity contribution in [3.05, 3.63) is 42.4 Å². The lowest BCUT2D eigenvalue weighted by atomic mass is 9.89. The molecule has 1 fully saturated rings. The van der Waals surface area contributed by atoms with Gasteiger partial charge in [0, 0.05) is 11.3 Å². The number of nitrogens with one attached hydrogen (secondary N) is 1. The summed E-state index contributed by atoms with van der Waals surface area (Å²) in [5.74, 6) is -1.82. The summed E-state index contributed by atoms with van der Waals surface area (Å²) in [7, 11) is 2.31. The number of carbonyl (C=O) groups excluding carboxylic acids is 3. The number of methoxy groups -OCH3 is 2. The minimum absolute atomic E-state index is 0.151. The number of aromatic nitrogens is 2. The lowest BCUT2D eigenvalue weighted by Crippen LogP contribution is -2.44. The van der Waals surface area contributed by atoms with E-state index in [-0.39, 0.29) is 17.4 Å². The van der Waals surface area contributed by atoms with Gasteiger partial charge in [-0.3, -0.25) is 10.2 Å². The Morgan fingerprint density at radius 3 is 2.37 bits per heavy atom. The number of carbonyl (C=O) groups is 3. The number of hydrazine groups is 1. The second kappa shape index (κ2) is 9.82. The van der Waals surface area contributed by atoms with Gasteiger partial charge in [0.1, 0.15) is 6.33 Å². The van der Waals surface area contributed by atoms with Crippen molar-refractivity contribution in [2.45, 2.75) is 32.1 Å². The third kappa shape index (κ3) is 4.73. The maximum atomic E-state index is 12.9. The van der Waals surface area contributed by atoms with Gasteiger partial charge < -0.3 is 9.47 Å². The van der Waals surface area contributed by atoms with E-state index in [4.69, 9.17) is 9.47 Å². The highest BCUT2D eigenvalue weighted by atomic mass is 16.5. The van der Waals surface area contributed by atoms with Crippen molar-refractivity contribution in [2.75, 3.05) is 19.2 Å². The van der Waals surface area contributed by atoms with Gasteiger partial charge >= 0.3 is 11.9 Å². The maximum Gasteiger partial charge on any atom is 0.346 e. The molecule has 3 rings (SSSR count). The number of benzene rings is 1. The van der Waals surface area contributed by atoms with E-state index in [0.717, 1.165) is 46.3 Å². The molecule has 1 saturated carbocycles. The maximum absolute atomic E-state index is 12.9. The Morgan fingerprint density at radius 2 is 1.70 bits per heavy atom. The summed E-state index contributed by atoms with van der Waals surface area (Å²) in [4.78, 5) is 45.8. The number of ether oxygens (including phenoxy) is 2. The fourth-order valence-electron chi connectivity index (χ4n) is 3.44. The van der Waals surface area contributed by atoms with Crippen molar-refractivity contribution in [3.63, 3.8) is 0 Å². The van der Waals surface area contributed by atoms with Crippen LogP contribution >= 0.6 is 0 Å². The van der Waals surface area contributed by atoms with Crippen molar-refractivity contribution in [3.8, 4) is 0 Å². The second-order valence-electron chi connectivity index (χ2n) is 6.92. The van der Waals surface area contributed by atoms with E-state index >= 15 is 0 Å². The Labute approximate surface area is 174 Å². The summed E-state index contributed by atoms with van der Waals surface area (Å²) >= 11 is 0. The zero-order valence-corrected chi connectivity index (χ0v) is 17.0. The Morgan fingerprint density at radius 1 is 1.03 bits per heavy atom. The summed E-state index contributed by atoms with van der Waals surface area (Å²) in [5, 5.41) is 1.90. The second-order valence-corrected chi connectivity index (χ2v) is 6.92. The molecule has 2 aromatic rings. The Hall–Kier alpha value is -3.49. The largest absolute Gasteiger partial charge is 0.465 e. The summed E-state index contributed by atoms with van der Waals surface area (Å²) in [6.07, 6.45) is 7.18. The highest BCUT2D eigenvalue weighted by Gasteiger charge is 2.26. The predicted octanol–water partition coefficient (Wildman–Crippen LogP) is 2.28. The van der Waals surface area contributed by atoms with E-state index < -0.39 is 11.9 Å². The lowest BCUT2D eigenvalue weighted by molar-refractivity contribution is -0.144. The van der Waals surface area contributed by atoms with Gasteiger partial charge in [0.25, 0.3) is 0 Å². The number of nitrogens with zero attached hydrogens (tertiary/aromatic N) is 3. The minimum Gasteiger partial charge on any atom is -0.465 e. The molecule has 1 N–H and O–H groups in total. The average Bonchev–Trinajstić information content (AvgIpc) is 2.80. The number of fused-ring (bicyclic) bond motifs is 1. The molecule has 1 amide bonds. The van der Waals surface area contributed by atoms with Crippen LogP contribution in [0.2, 0.25) is 0 Å².